The van der Waals surface area contributed by atoms with Crippen molar-refractivity contribution in [2.45, 2.75) is 19.9 Å². The summed E-state index contributed by atoms with van der Waals surface area (Å²) in [6.07, 6.45) is 0. The molecular formula is C10H13NO3S. The van der Waals surface area contributed by atoms with Gasteiger partial charge in [0.1, 0.15) is 6.04 Å². The van der Waals surface area contributed by atoms with Gasteiger partial charge in [0.25, 0.3) is 5.91 Å². The molecule has 0 aliphatic carbocycles. The van der Waals surface area contributed by atoms with Gasteiger partial charge in [-0.3, -0.25) is 4.79 Å². The van der Waals surface area contributed by atoms with Gasteiger partial charge in [0.2, 0.25) is 0 Å². The molecule has 0 fully saturated rings. The summed E-state index contributed by atoms with van der Waals surface area (Å²) in [7, 11) is 1.29. The first kappa shape index (κ1) is 11.7. The zero-order valence-electron chi connectivity index (χ0n) is 8.87. The Morgan fingerprint density at radius 3 is 2.60 bits per heavy atom. The minimum atomic E-state index is -0.620. The molecule has 0 saturated heterocycles. The second-order valence-corrected chi connectivity index (χ2v) is 4.42. The van der Waals surface area contributed by atoms with Crippen molar-refractivity contribution in [3.8, 4) is 0 Å². The lowest BCUT2D eigenvalue weighted by Gasteiger charge is -2.10. The second kappa shape index (κ2) is 4.93. The van der Waals surface area contributed by atoms with Gasteiger partial charge >= 0.3 is 5.97 Å². The summed E-state index contributed by atoms with van der Waals surface area (Å²) in [6.45, 7) is 3.51. The zero-order chi connectivity index (χ0) is 11.4. The second-order valence-electron chi connectivity index (χ2n) is 3.13. The van der Waals surface area contributed by atoms with Gasteiger partial charge < -0.3 is 10.1 Å². The predicted molar refractivity (Wildman–Crippen MR) is 58.0 cm³/mol. The Morgan fingerprint density at radius 2 is 2.13 bits per heavy atom. The van der Waals surface area contributed by atoms with Crippen LogP contribution < -0.4 is 5.32 Å². The molecule has 4 nitrogen and oxygen atoms in total. The lowest BCUT2D eigenvalue weighted by Crippen LogP contribution is -2.38. The van der Waals surface area contributed by atoms with Crippen LogP contribution in [0.1, 0.15) is 21.5 Å². The SMILES string of the molecule is COC(=O)[C@H](C)NC(=O)c1ccc(C)s1. The van der Waals surface area contributed by atoms with Crippen molar-refractivity contribution in [3.05, 3.63) is 21.9 Å². The van der Waals surface area contributed by atoms with Crippen molar-refractivity contribution < 1.29 is 14.3 Å². The maximum atomic E-state index is 11.6. The fraction of sp³-hybridized carbons (Fsp3) is 0.400. The van der Waals surface area contributed by atoms with E-state index in [2.05, 4.69) is 10.1 Å². The van der Waals surface area contributed by atoms with E-state index in [0.717, 1.165) is 4.88 Å². The quantitative estimate of drug-likeness (QED) is 0.793. The minimum Gasteiger partial charge on any atom is -0.467 e. The molecule has 0 spiro atoms. The Labute approximate surface area is 92.2 Å². The van der Waals surface area contributed by atoms with Gasteiger partial charge in [-0.05, 0) is 26.0 Å². The summed E-state index contributed by atoms with van der Waals surface area (Å²) < 4.78 is 4.50. The maximum Gasteiger partial charge on any atom is 0.328 e. The average Bonchev–Trinajstić information content (AvgIpc) is 2.63. The molecule has 0 aromatic carbocycles. The summed E-state index contributed by atoms with van der Waals surface area (Å²) in [5, 5.41) is 2.56. The standard InChI is InChI=1S/C10H13NO3S/c1-6-4-5-8(15-6)9(12)11-7(2)10(13)14-3/h4-5,7H,1-3H3,(H,11,12)/t7-/m0/s1. The van der Waals surface area contributed by atoms with Crippen LogP contribution in [0.15, 0.2) is 12.1 Å². The van der Waals surface area contributed by atoms with Gasteiger partial charge in [0.05, 0.1) is 12.0 Å². The molecule has 15 heavy (non-hydrogen) atoms. The normalized spacial score (nSPS) is 11.9. The number of hydrogen-bond donors (Lipinski definition) is 1. The van der Waals surface area contributed by atoms with Crippen molar-refractivity contribution in [1.82, 2.24) is 5.32 Å². The predicted octanol–water partition coefficient (Wildman–Crippen LogP) is 1.35. The number of aryl methyl sites for hydroxylation is 1. The molecule has 1 atom stereocenters. The zero-order valence-corrected chi connectivity index (χ0v) is 9.68. The third kappa shape index (κ3) is 3.06. The topological polar surface area (TPSA) is 55.4 Å². The van der Waals surface area contributed by atoms with Gasteiger partial charge in [-0.2, -0.15) is 0 Å². The van der Waals surface area contributed by atoms with E-state index >= 15 is 0 Å². The largest absolute Gasteiger partial charge is 0.467 e. The van der Waals surface area contributed by atoms with Crippen molar-refractivity contribution in [2.75, 3.05) is 7.11 Å². The highest BCUT2D eigenvalue weighted by molar-refractivity contribution is 7.13. The van der Waals surface area contributed by atoms with Gasteiger partial charge in [-0.1, -0.05) is 0 Å². The molecule has 1 aromatic rings. The molecule has 5 heteroatoms. The van der Waals surface area contributed by atoms with Gasteiger partial charge in [-0.25, -0.2) is 4.79 Å². The number of rotatable bonds is 3. The Bertz CT molecular complexity index is 372. The first-order valence-electron chi connectivity index (χ1n) is 4.49. The number of carbonyl (C=O) groups is 2. The van der Waals surface area contributed by atoms with E-state index in [1.54, 1.807) is 13.0 Å². The Hall–Kier alpha value is -1.36. The van der Waals surface area contributed by atoms with Crippen LogP contribution in [0, 0.1) is 6.92 Å². The lowest BCUT2D eigenvalue weighted by molar-refractivity contribution is -0.142. The molecule has 1 aromatic heterocycles. The highest BCUT2D eigenvalue weighted by Gasteiger charge is 2.17. The number of nitrogens with one attached hydrogen (secondary N) is 1. The molecule has 0 radical (unpaired) electrons. The summed E-state index contributed by atoms with van der Waals surface area (Å²) in [5.41, 5.74) is 0. The average molecular weight is 227 g/mol. The molecule has 0 bridgehead atoms. The number of carbonyl (C=O) groups excluding carboxylic acids is 2. The van der Waals surface area contributed by atoms with Gasteiger partial charge in [0, 0.05) is 4.88 Å². The molecular weight excluding hydrogens is 214 g/mol. The molecule has 1 heterocycles. The van der Waals surface area contributed by atoms with Gasteiger partial charge in [-0.15, -0.1) is 11.3 Å². The van der Waals surface area contributed by atoms with Crippen molar-refractivity contribution in [1.29, 1.82) is 0 Å². The van der Waals surface area contributed by atoms with Crippen LogP contribution in [0.4, 0.5) is 0 Å². The van der Waals surface area contributed by atoms with Crippen LogP contribution in [-0.2, 0) is 9.53 Å². The van der Waals surface area contributed by atoms with Crippen molar-refractivity contribution in [3.63, 3.8) is 0 Å². The minimum absolute atomic E-state index is 0.244. The Balaban J connectivity index is 2.60. The van der Waals surface area contributed by atoms with Crippen molar-refractivity contribution in [2.24, 2.45) is 0 Å². The summed E-state index contributed by atoms with van der Waals surface area (Å²) in [5.74, 6) is -0.692. The molecule has 0 unspecified atom stereocenters. The first-order chi connectivity index (χ1) is 7.04. The van der Waals surface area contributed by atoms with E-state index in [-0.39, 0.29) is 5.91 Å². The molecule has 0 aliphatic heterocycles. The van der Waals surface area contributed by atoms with E-state index in [9.17, 15) is 9.59 Å². The number of thiophene rings is 1. The molecule has 0 saturated carbocycles. The first-order valence-corrected chi connectivity index (χ1v) is 5.31. The summed E-state index contributed by atoms with van der Waals surface area (Å²) in [4.78, 5) is 24.3. The smallest absolute Gasteiger partial charge is 0.328 e. The van der Waals surface area contributed by atoms with Crippen LogP contribution in [0.3, 0.4) is 0 Å². The van der Waals surface area contributed by atoms with Crippen LogP contribution in [0.25, 0.3) is 0 Å². The third-order valence-electron chi connectivity index (χ3n) is 1.87. The monoisotopic (exact) mass is 227 g/mol. The molecule has 0 aliphatic rings. The highest BCUT2D eigenvalue weighted by atomic mass is 32.1. The van der Waals surface area contributed by atoms with Crippen LogP contribution in [0.2, 0.25) is 0 Å². The van der Waals surface area contributed by atoms with Crippen LogP contribution in [-0.4, -0.2) is 25.0 Å². The Kier molecular flexibility index (Phi) is 3.85. The van der Waals surface area contributed by atoms with Crippen LogP contribution in [0.5, 0.6) is 0 Å². The molecule has 1 amide bonds. The third-order valence-corrected chi connectivity index (χ3v) is 2.87. The molecule has 82 valence electrons. The van der Waals surface area contributed by atoms with Crippen molar-refractivity contribution >= 4 is 23.2 Å². The number of methoxy groups -OCH3 is 1. The molecule has 1 rings (SSSR count). The number of esters is 1. The highest BCUT2D eigenvalue weighted by Crippen LogP contribution is 2.14. The van der Waals surface area contributed by atoms with E-state index in [1.165, 1.54) is 18.4 Å². The summed E-state index contributed by atoms with van der Waals surface area (Å²) in [6, 6.07) is 2.98. The fourth-order valence-electron chi connectivity index (χ4n) is 1.06. The van der Waals surface area contributed by atoms with Gasteiger partial charge in [0.15, 0.2) is 0 Å². The van der Waals surface area contributed by atoms with E-state index in [0.29, 0.717) is 4.88 Å². The summed E-state index contributed by atoms with van der Waals surface area (Å²) >= 11 is 1.39. The number of ether oxygens (including phenoxy) is 1. The Morgan fingerprint density at radius 1 is 1.47 bits per heavy atom. The number of hydrogen-bond acceptors (Lipinski definition) is 4. The van der Waals surface area contributed by atoms with E-state index in [4.69, 9.17) is 0 Å². The number of amides is 1. The lowest BCUT2D eigenvalue weighted by atomic mass is 10.3. The fourth-order valence-corrected chi connectivity index (χ4v) is 1.83. The molecule has 1 N–H and O–H groups in total. The maximum absolute atomic E-state index is 11.6. The van der Waals surface area contributed by atoms with E-state index in [1.807, 2.05) is 13.0 Å². The van der Waals surface area contributed by atoms with E-state index < -0.39 is 12.0 Å². The van der Waals surface area contributed by atoms with Crippen LogP contribution >= 0.6 is 11.3 Å².